The van der Waals surface area contributed by atoms with Crippen LogP contribution in [0, 0.1) is 6.92 Å². The summed E-state index contributed by atoms with van der Waals surface area (Å²) in [6, 6.07) is 7.43. The first-order valence-corrected chi connectivity index (χ1v) is 6.77. The predicted octanol–water partition coefficient (Wildman–Crippen LogP) is 4.91. The Balaban J connectivity index is 2.27. The van der Waals surface area contributed by atoms with Crippen molar-refractivity contribution in [1.82, 2.24) is 0 Å². The molecule has 0 saturated carbocycles. The lowest BCUT2D eigenvalue weighted by atomic mass is 10.2. The van der Waals surface area contributed by atoms with E-state index < -0.39 is 5.91 Å². The number of halogens is 3. The summed E-state index contributed by atoms with van der Waals surface area (Å²) >= 11 is 17.8. The Morgan fingerprint density at radius 2 is 1.75 bits per heavy atom. The van der Waals surface area contributed by atoms with E-state index in [1.54, 1.807) is 12.1 Å². The van der Waals surface area contributed by atoms with Crippen LogP contribution in [0.5, 0.6) is 5.75 Å². The van der Waals surface area contributed by atoms with Gasteiger partial charge in [0.05, 0.1) is 15.7 Å². The highest BCUT2D eigenvalue weighted by Gasteiger charge is 2.12. The molecule has 0 bridgehead atoms. The minimum atomic E-state index is -0.395. The minimum absolute atomic E-state index is 0.0837. The number of aromatic hydroxyl groups is 1. The Kier molecular flexibility index (Phi) is 4.43. The molecule has 2 N–H and O–H groups in total. The van der Waals surface area contributed by atoms with E-state index in [2.05, 4.69) is 5.32 Å². The van der Waals surface area contributed by atoms with Crippen LogP contribution in [-0.4, -0.2) is 11.0 Å². The summed E-state index contributed by atoms with van der Waals surface area (Å²) in [6.45, 7) is 1.82. The lowest BCUT2D eigenvalue weighted by molar-refractivity contribution is 0.102. The molecule has 0 heterocycles. The zero-order valence-electron chi connectivity index (χ0n) is 10.4. The number of benzene rings is 2. The number of carbonyl (C=O) groups excluding carboxylic acids is 1. The maximum absolute atomic E-state index is 12.1. The van der Waals surface area contributed by atoms with Gasteiger partial charge in [0.2, 0.25) is 0 Å². The van der Waals surface area contributed by atoms with E-state index in [4.69, 9.17) is 34.8 Å². The number of phenolic OH excluding ortho intramolecular Hbond substituents is 1. The molecule has 2 aromatic carbocycles. The first-order valence-electron chi connectivity index (χ1n) is 5.64. The fourth-order valence-electron chi connectivity index (χ4n) is 1.58. The zero-order valence-corrected chi connectivity index (χ0v) is 12.6. The predicted molar refractivity (Wildman–Crippen MR) is 82.3 cm³/mol. The van der Waals surface area contributed by atoms with Crippen LogP contribution in [0.1, 0.15) is 15.9 Å². The topological polar surface area (TPSA) is 49.3 Å². The van der Waals surface area contributed by atoms with E-state index in [0.29, 0.717) is 21.3 Å². The fraction of sp³-hybridized carbons (Fsp3) is 0.0714. The van der Waals surface area contributed by atoms with Crippen LogP contribution in [0.3, 0.4) is 0 Å². The summed E-state index contributed by atoms with van der Waals surface area (Å²) in [5, 5.41) is 13.0. The number of anilines is 1. The van der Waals surface area contributed by atoms with Gasteiger partial charge in [-0.3, -0.25) is 4.79 Å². The standard InChI is InChI=1S/C14H10Cl3NO2/c1-7-4-10(16)12(6-9(7)15)18-14(20)8-2-3-13(19)11(17)5-8/h2-6,19H,1H3,(H,18,20). The van der Waals surface area contributed by atoms with Crippen molar-refractivity contribution in [3.63, 3.8) is 0 Å². The average Bonchev–Trinajstić information content (AvgIpc) is 2.39. The van der Waals surface area contributed by atoms with Crippen molar-refractivity contribution in [3.8, 4) is 5.75 Å². The van der Waals surface area contributed by atoms with Crippen LogP contribution in [0.2, 0.25) is 15.1 Å². The number of carbonyl (C=O) groups is 1. The SMILES string of the molecule is Cc1cc(Cl)c(NC(=O)c2ccc(O)c(Cl)c2)cc1Cl. The molecule has 0 aliphatic rings. The summed E-state index contributed by atoms with van der Waals surface area (Å²) in [6.07, 6.45) is 0. The van der Waals surface area contributed by atoms with Crippen molar-refractivity contribution in [2.45, 2.75) is 6.92 Å². The summed E-state index contributed by atoms with van der Waals surface area (Å²) in [5.74, 6) is -0.478. The normalized spacial score (nSPS) is 10.4. The van der Waals surface area contributed by atoms with E-state index >= 15 is 0 Å². The molecule has 6 heteroatoms. The number of hydrogen-bond donors (Lipinski definition) is 2. The summed E-state index contributed by atoms with van der Waals surface area (Å²) in [5.41, 5.74) is 1.54. The first kappa shape index (κ1) is 15.0. The summed E-state index contributed by atoms with van der Waals surface area (Å²) in [7, 11) is 0. The summed E-state index contributed by atoms with van der Waals surface area (Å²) in [4.78, 5) is 12.1. The molecule has 20 heavy (non-hydrogen) atoms. The number of rotatable bonds is 2. The second-order valence-corrected chi connectivity index (χ2v) is 5.42. The number of nitrogens with one attached hydrogen (secondary N) is 1. The van der Waals surface area contributed by atoms with E-state index in [0.717, 1.165) is 5.56 Å². The molecule has 0 aliphatic carbocycles. The highest BCUT2D eigenvalue weighted by molar-refractivity contribution is 6.36. The van der Waals surface area contributed by atoms with Gasteiger partial charge in [0.15, 0.2) is 0 Å². The lowest BCUT2D eigenvalue weighted by Gasteiger charge is -2.10. The number of phenols is 1. The van der Waals surface area contributed by atoms with E-state index in [-0.39, 0.29) is 10.8 Å². The molecular formula is C14H10Cl3NO2. The van der Waals surface area contributed by atoms with Crippen molar-refractivity contribution in [2.24, 2.45) is 0 Å². The van der Waals surface area contributed by atoms with Gasteiger partial charge in [-0.15, -0.1) is 0 Å². The van der Waals surface area contributed by atoms with Gasteiger partial charge in [0.1, 0.15) is 5.75 Å². The van der Waals surface area contributed by atoms with Crippen LogP contribution in [0.15, 0.2) is 30.3 Å². The molecule has 2 rings (SSSR count). The second kappa shape index (κ2) is 5.92. The van der Waals surface area contributed by atoms with E-state index in [9.17, 15) is 9.90 Å². The average molecular weight is 331 g/mol. The Morgan fingerprint density at radius 3 is 2.40 bits per heavy atom. The van der Waals surface area contributed by atoms with Crippen molar-refractivity contribution in [3.05, 3.63) is 56.5 Å². The third-order valence-electron chi connectivity index (χ3n) is 2.71. The first-order chi connectivity index (χ1) is 9.38. The van der Waals surface area contributed by atoms with Crippen LogP contribution < -0.4 is 5.32 Å². The maximum Gasteiger partial charge on any atom is 0.255 e. The van der Waals surface area contributed by atoms with Crippen LogP contribution in [0.4, 0.5) is 5.69 Å². The van der Waals surface area contributed by atoms with E-state index in [1.807, 2.05) is 6.92 Å². The van der Waals surface area contributed by atoms with Crippen LogP contribution in [-0.2, 0) is 0 Å². The molecule has 0 fully saturated rings. The van der Waals surface area contributed by atoms with Crippen LogP contribution >= 0.6 is 34.8 Å². The van der Waals surface area contributed by atoms with Crippen molar-refractivity contribution in [2.75, 3.05) is 5.32 Å². The van der Waals surface area contributed by atoms with Crippen molar-refractivity contribution >= 4 is 46.4 Å². The monoisotopic (exact) mass is 329 g/mol. The molecule has 0 unspecified atom stereocenters. The van der Waals surface area contributed by atoms with Gasteiger partial charge in [-0.1, -0.05) is 34.8 Å². The third kappa shape index (κ3) is 3.18. The number of hydrogen-bond acceptors (Lipinski definition) is 2. The van der Waals surface area contributed by atoms with Gasteiger partial charge in [-0.05, 0) is 42.8 Å². The fourth-order valence-corrected chi connectivity index (χ4v) is 2.19. The zero-order chi connectivity index (χ0) is 14.9. The Bertz CT molecular complexity index is 686. The molecule has 0 atom stereocenters. The highest BCUT2D eigenvalue weighted by Crippen LogP contribution is 2.30. The number of amides is 1. The summed E-state index contributed by atoms with van der Waals surface area (Å²) < 4.78 is 0. The second-order valence-electron chi connectivity index (χ2n) is 4.20. The van der Waals surface area contributed by atoms with Gasteiger partial charge in [-0.25, -0.2) is 0 Å². The van der Waals surface area contributed by atoms with Gasteiger partial charge in [0.25, 0.3) is 5.91 Å². The smallest absolute Gasteiger partial charge is 0.255 e. The van der Waals surface area contributed by atoms with E-state index in [1.165, 1.54) is 18.2 Å². The molecule has 0 aromatic heterocycles. The van der Waals surface area contributed by atoms with Gasteiger partial charge < -0.3 is 10.4 Å². The molecule has 0 radical (unpaired) electrons. The molecule has 1 amide bonds. The Labute approximate surface area is 131 Å². The largest absolute Gasteiger partial charge is 0.506 e. The Morgan fingerprint density at radius 1 is 1.05 bits per heavy atom. The molecule has 3 nitrogen and oxygen atoms in total. The third-order valence-corrected chi connectivity index (χ3v) is 3.73. The van der Waals surface area contributed by atoms with Gasteiger partial charge in [0, 0.05) is 10.6 Å². The molecule has 0 spiro atoms. The lowest BCUT2D eigenvalue weighted by Crippen LogP contribution is -2.12. The molecular weight excluding hydrogens is 321 g/mol. The van der Waals surface area contributed by atoms with Crippen LogP contribution in [0.25, 0.3) is 0 Å². The van der Waals surface area contributed by atoms with Gasteiger partial charge in [-0.2, -0.15) is 0 Å². The minimum Gasteiger partial charge on any atom is -0.506 e. The molecule has 2 aromatic rings. The molecule has 0 saturated heterocycles. The quantitative estimate of drug-likeness (QED) is 0.821. The molecule has 0 aliphatic heterocycles. The molecule has 104 valence electrons. The highest BCUT2D eigenvalue weighted by atomic mass is 35.5. The van der Waals surface area contributed by atoms with Crippen molar-refractivity contribution in [1.29, 1.82) is 0 Å². The van der Waals surface area contributed by atoms with Gasteiger partial charge >= 0.3 is 0 Å². The van der Waals surface area contributed by atoms with Crippen molar-refractivity contribution < 1.29 is 9.90 Å². The Hall–Kier alpha value is -1.42. The number of aryl methyl sites for hydroxylation is 1. The maximum atomic E-state index is 12.1.